The number of carbonyl (C=O) groups is 1. The van der Waals surface area contributed by atoms with Gasteiger partial charge in [0.05, 0.1) is 15.6 Å². The normalized spacial score (nSPS) is 21.6. The Morgan fingerprint density at radius 3 is 2.08 bits per heavy atom. The van der Waals surface area contributed by atoms with Crippen LogP contribution in [0.1, 0.15) is 96.1 Å². The molecule has 0 saturated heterocycles. The number of anilines is 3. The molecule has 4 aliphatic rings. The molecule has 0 unspecified atom stereocenters. The van der Waals surface area contributed by atoms with Crippen molar-refractivity contribution in [3.63, 3.8) is 0 Å². The standard InChI is InChI=1S/C43H52N4O4SSi/c1-30-27-34(23-24-38(30)45-41-44-28-37-39(46-41)47(32-13-11-12-14-32)40(48)43(37)25-26-43)52(49,50)33-21-19-31(20-22-33)29-51-53(42(2,3)4,35-15-7-5-8-16-35)36-17-9-6-10-18-36/h5-10,15-18,23-24,27-28,31-33H,11-14,19-22,25-26,29H2,1-4H3,(H,44,45,46). The van der Waals surface area contributed by atoms with E-state index in [4.69, 9.17) is 9.41 Å². The fourth-order valence-corrected chi connectivity index (χ4v) is 15.9. The zero-order chi connectivity index (χ0) is 37.0. The zero-order valence-corrected chi connectivity index (χ0v) is 33.3. The van der Waals surface area contributed by atoms with Crippen LogP contribution >= 0.6 is 0 Å². The predicted octanol–water partition coefficient (Wildman–Crippen LogP) is 7.76. The van der Waals surface area contributed by atoms with Gasteiger partial charge in [0.15, 0.2) is 9.84 Å². The molecule has 3 saturated carbocycles. The van der Waals surface area contributed by atoms with Crippen LogP contribution in [0.15, 0.2) is 90.0 Å². The van der Waals surface area contributed by atoms with Crippen LogP contribution in [0.25, 0.3) is 0 Å². The van der Waals surface area contributed by atoms with Crippen molar-refractivity contribution in [1.29, 1.82) is 0 Å². The summed E-state index contributed by atoms with van der Waals surface area (Å²) in [7, 11) is -6.17. The molecule has 8 nitrogen and oxygen atoms in total. The van der Waals surface area contributed by atoms with Gasteiger partial charge in [-0.2, -0.15) is 4.98 Å². The van der Waals surface area contributed by atoms with Crippen molar-refractivity contribution in [3.05, 3.63) is 96.2 Å². The summed E-state index contributed by atoms with van der Waals surface area (Å²) in [5.74, 6) is 1.67. The molecule has 1 amide bonds. The summed E-state index contributed by atoms with van der Waals surface area (Å²) in [6.07, 6.45) is 10.7. The van der Waals surface area contributed by atoms with Crippen LogP contribution in [0.3, 0.4) is 0 Å². The Labute approximate surface area is 315 Å². The monoisotopic (exact) mass is 748 g/mol. The lowest BCUT2D eigenvalue weighted by Gasteiger charge is -2.44. The summed E-state index contributed by atoms with van der Waals surface area (Å²) >= 11 is 0. The third-order valence-electron chi connectivity index (χ3n) is 12.5. The van der Waals surface area contributed by atoms with Gasteiger partial charge in [-0.15, -0.1) is 0 Å². The van der Waals surface area contributed by atoms with E-state index in [-0.39, 0.29) is 17.0 Å². The number of aromatic nitrogens is 2. The van der Waals surface area contributed by atoms with Gasteiger partial charge in [-0.05, 0) is 103 Å². The molecular formula is C43H52N4O4SSi. The first-order chi connectivity index (χ1) is 25.4. The smallest absolute Gasteiger partial charge is 0.261 e. The molecule has 3 aromatic carbocycles. The Balaban J connectivity index is 0.944. The lowest BCUT2D eigenvalue weighted by atomic mass is 9.90. The number of nitrogens with zero attached hydrogens (tertiary/aromatic N) is 3. The van der Waals surface area contributed by atoms with E-state index < -0.39 is 28.8 Å². The first-order valence-electron chi connectivity index (χ1n) is 19.5. The Bertz CT molecular complexity index is 2050. The Hall–Kier alpha value is -3.86. The molecule has 2 heterocycles. The Kier molecular flexibility index (Phi) is 9.39. The lowest BCUT2D eigenvalue weighted by Crippen LogP contribution is -2.67. The fraction of sp³-hybridized carbons (Fsp3) is 0.465. The van der Waals surface area contributed by atoms with Crippen LogP contribution in [-0.2, 0) is 24.5 Å². The largest absolute Gasteiger partial charge is 0.407 e. The quantitative estimate of drug-likeness (QED) is 0.166. The number of benzene rings is 3. The summed E-state index contributed by atoms with van der Waals surface area (Å²) < 4.78 is 35.2. The molecule has 1 spiro atoms. The van der Waals surface area contributed by atoms with Gasteiger partial charge in [0.25, 0.3) is 8.32 Å². The van der Waals surface area contributed by atoms with Crippen molar-refractivity contribution in [2.75, 3.05) is 16.8 Å². The van der Waals surface area contributed by atoms with Crippen molar-refractivity contribution in [1.82, 2.24) is 9.97 Å². The fourth-order valence-electron chi connectivity index (χ4n) is 9.39. The number of amides is 1. The minimum atomic E-state index is -3.52. The van der Waals surface area contributed by atoms with Crippen molar-refractivity contribution >= 4 is 51.9 Å². The van der Waals surface area contributed by atoms with Crippen LogP contribution in [0.5, 0.6) is 0 Å². The minimum Gasteiger partial charge on any atom is -0.407 e. The maximum atomic E-state index is 14.0. The van der Waals surface area contributed by atoms with Crippen LogP contribution in [0.2, 0.25) is 5.04 Å². The summed E-state index contributed by atoms with van der Waals surface area (Å²) in [5, 5.41) is 5.34. The van der Waals surface area contributed by atoms with E-state index in [9.17, 15) is 13.2 Å². The number of nitrogens with one attached hydrogen (secondary N) is 1. The molecular weight excluding hydrogens is 697 g/mol. The van der Waals surface area contributed by atoms with Crippen molar-refractivity contribution < 1.29 is 17.6 Å². The van der Waals surface area contributed by atoms with E-state index in [1.165, 1.54) is 10.4 Å². The second-order valence-corrected chi connectivity index (χ2v) is 23.4. The van der Waals surface area contributed by atoms with E-state index >= 15 is 0 Å². The topological polar surface area (TPSA) is 101 Å². The highest BCUT2D eigenvalue weighted by molar-refractivity contribution is 7.92. The number of hydrogen-bond donors (Lipinski definition) is 1. The second kappa shape index (κ2) is 13.8. The van der Waals surface area contributed by atoms with E-state index in [0.717, 1.165) is 74.0 Å². The van der Waals surface area contributed by atoms with Crippen LogP contribution < -0.4 is 20.6 Å². The van der Waals surface area contributed by atoms with Crippen molar-refractivity contribution in [2.24, 2.45) is 5.92 Å². The molecule has 3 aliphatic carbocycles. The number of fused-ring (bicyclic) bond motifs is 2. The maximum Gasteiger partial charge on any atom is 0.261 e. The predicted molar refractivity (Wildman–Crippen MR) is 214 cm³/mol. The molecule has 53 heavy (non-hydrogen) atoms. The molecule has 278 valence electrons. The lowest BCUT2D eigenvalue weighted by molar-refractivity contribution is -0.120. The van der Waals surface area contributed by atoms with E-state index in [1.807, 2.05) is 24.1 Å². The summed E-state index contributed by atoms with van der Waals surface area (Å²) in [5.41, 5.74) is 2.11. The van der Waals surface area contributed by atoms with E-state index in [2.05, 4.69) is 91.7 Å². The van der Waals surface area contributed by atoms with Crippen molar-refractivity contribution in [2.45, 2.75) is 119 Å². The van der Waals surface area contributed by atoms with Gasteiger partial charge in [-0.3, -0.25) is 9.69 Å². The first-order valence-corrected chi connectivity index (χ1v) is 23.0. The second-order valence-electron chi connectivity index (χ2n) is 16.9. The van der Waals surface area contributed by atoms with Gasteiger partial charge >= 0.3 is 0 Å². The van der Waals surface area contributed by atoms with Gasteiger partial charge in [0.2, 0.25) is 11.9 Å². The third-order valence-corrected chi connectivity index (χ3v) is 19.8. The molecule has 3 fully saturated rings. The molecule has 0 bridgehead atoms. The highest BCUT2D eigenvalue weighted by atomic mass is 32.2. The molecule has 0 radical (unpaired) electrons. The average molecular weight is 749 g/mol. The molecule has 8 rings (SSSR count). The third kappa shape index (κ3) is 6.34. The number of hydrogen-bond acceptors (Lipinski definition) is 7. The molecule has 1 aromatic heterocycles. The zero-order valence-electron chi connectivity index (χ0n) is 31.5. The highest BCUT2D eigenvalue weighted by Crippen LogP contribution is 2.58. The molecule has 10 heteroatoms. The van der Waals surface area contributed by atoms with Crippen LogP contribution in [-0.4, -0.2) is 50.5 Å². The number of aryl methyl sites for hydroxylation is 1. The SMILES string of the molecule is Cc1cc(S(=O)(=O)C2CCC(CO[Si](c3ccccc3)(c3ccccc3)C(C)(C)C)CC2)ccc1Nc1ncc2c(n1)N(C1CCCC1)C(=O)C21CC1. The van der Waals surface area contributed by atoms with Crippen molar-refractivity contribution in [3.8, 4) is 0 Å². The summed E-state index contributed by atoms with van der Waals surface area (Å²) in [6, 6.07) is 26.9. The maximum absolute atomic E-state index is 14.0. The van der Waals surface area contributed by atoms with E-state index in [1.54, 1.807) is 12.1 Å². The van der Waals surface area contributed by atoms with Gasteiger partial charge < -0.3 is 9.74 Å². The minimum absolute atomic E-state index is 0.101. The Morgan fingerprint density at radius 2 is 1.51 bits per heavy atom. The molecule has 1 aliphatic heterocycles. The summed E-state index contributed by atoms with van der Waals surface area (Å²) in [6.45, 7) is 9.42. The van der Waals surface area contributed by atoms with Crippen LogP contribution in [0, 0.1) is 12.8 Å². The first kappa shape index (κ1) is 36.1. The highest BCUT2D eigenvalue weighted by Gasteiger charge is 2.61. The number of rotatable bonds is 10. The van der Waals surface area contributed by atoms with Gasteiger partial charge in [-0.25, -0.2) is 13.4 Å². The average Bonchev–Trinajstić information content (AvgIpc) is 3.72. The number of carbonyl (C=O) groups excluding carboxylic acids is 1. The van der Waals surface area contributed by atoms with Gasteiger partial charge in [-0.1, -0.05) is 94.3 Å². The molecule has 1 N–H and O–H groups in total. The molecule has 0 atom stereocenters. The number of sulfone groups is 1. The summed E-state index contributed by atoms with van der Waals surface area (Å²) in [4.78, 5) is 25.4. The van der Waals surface area contributed by atoms with Gasteiger partial charge in [0.1, 0.15) is 5.82 Å². The molecule has 4 aromatic rings. The van der Waals surface area contributed by atoms with Crippen LogP contribution in [0.4, 0.5) is 17.5 Å². The van der Waals surface area contributed by atoms with E-state index in [0.29, 0.717) is 36.2 Å². The van der Waals surface area contributed by atoms with Gasteiger partial charge in [0, 0.05) is 30.1 Å². The Morgan fingerprint density at radius 1 is 0.887 bits per heavy atom.